The monoisotopic (exact) mass is 553 g/mol. The molecule has 0 radical (unpaired) electrons. The molecule has 4 aromatic rings. The third-order valence-electron chi connectivity index (χ3n) is 6.99. The minimum Gasteiger partial charge on any atom is -0.338 e. The van der Waals surface area contributed by atoms with Crippen LogP contribution in [0, 0.1) is 0 Å². The van der Waals surface area contributed by atoms with Gasteiger partial charge in [0.05, 0.1) is 17.6 Å². The van der Waals surface area contributed by atoms with E-state index < -0.39 is 11.9 Å². The smallest absolute Gasteiger partial charge is 0.338 e. The number of hydrogen-bond donors (Lipinski definition) is 1. The maximum absolute atomic E-state index is 13.5. The van der Waals surface area contributed by atoms with Gasteiger partial charge in [0.1, 0.15) is 0 Å². The first-order chi connectivity index (χ1) is 18.9. The maximum atomic E-state index is 13.5. The predicted molar refractivity (Wildman–Crippen MR) is 141 cm³/mol. The molecule has 9 nitrogen and oxygen atoms in total. The molecule has 0 aliphatic heterocycles. The van der Waals surface area contributed by atoms with Crippen molar-refractivity contribution >= 4 is 17.4 Å². The molecule has 0 amide bonds. The van der Waals surface area contributed by atoms with Crippen molar-refractivity contribution in [3.05, 3.63) is 65.2 Å². The standard InChI is InChI=1S/C28H30F3N7O2/c1-27(2,3)25-36-24(37-40-25)22(39)14-17-8-6-5-7-16-13-18(9-10-19(16)17)20-11-12-32-26(34-20)35-21-15-33-38(4)23(21)28(29,30)31/h9-13,15,17H,5-8,14H2,1-4H3,(H,32,34,35)/t17-/m0/s1. The van der Waals surface area contributed by atoms with Crippen molar-refractivity contribution in [1.29, 1.82) is 0 Å². The van der Waals surface area contributed by atoms with Crippen molar-refractivity contribution in [3.8, 4) is 11.3 Å². The molecule has 40 heavy (non-hydrogen) atoms. The minimum atomic E-state index is -4.58. The largest absolute Gasteiger partial charge is 0.435 e. The summed E-state index contributed by atoms with van der Waals surface area (Å²) >= 11 is 0. The van der Waals surface area contributed by atoms with Gasteiger partial charge in [0, 0.05) is 30.6 Å². The highest BCUT2D eigenvalue weighted by Crippen LogP contribution is 2.37. The molecule has 0 unspecified atom stereocenters. The molecule has 0 saturated heterocycles. The van der Waals surface area contributed by atoms with Crippen LogP contribution < -0.4 is 5.32 Å². The summed E-state index contributed by atoms with van der Waals surface area (Å²) in [5, 5.41) is 10.3. The Balaban J connectivity index is 1.37. The number of carbonyl (C=O) groups excluding carboxylic acids is 1. The predicted octanol–water partition coefficient (Wildman–Crippen LogP) is 6.40. The van der Waals surface area contributed by atoms with E-state index in [9.17, 15) is 18.0 Å². The lowest BCUT2D eigenvalue weighted by Gasteiger charge is -2.17. The molecule has 12 heteroatoms. The van der Waals surface area contributed by atoms with Crippen LogP contribution in [0.3, 0.4) is 0 Å². The fourth-order valence-corrected chi connectivity index (χ4v) is 4.98. The number of aromatic nitrogens is 6. The second-order valence-electron chi connectivity index (χ2n) is 11.1. The van der Waals surface area contributed by atoms with Gasteiger partial charge in [-0.2, -0.15) is 23.3 Å². The van der Waals surface area contributed by atoms with Gasteiger partial charge >= 0.3 is 6.18 Å². The first kappa shape index (κ1) is 27.5. The number of aryl methyl sites for hydroxylation is 2. The number of alkyl halides is 3. The Morgan fingerprint density at radius 1 is 1.15 bits per heavy atom. The van der Waals surface area contributed by atoms with Crippen molar-refractivity contribution in [2.24, 2.45) is 7.05 Å². The summed E-state index contributed by atoms with van der Waals surface area (Å²) in [5.41, 5.74) is 2.12. The Bertz CT molecular complexity index is 1540. The molecule has 1 aliphatic rings. The fraction of sp³-hybridized carbons (Fsp3) is 0.429. The first-order valence-corrected chi connectivity index (χ1v) is 13.1. The lowest BCUT2D eigenvalue weighted by atomic mass is 9.87. The summed E-state index contributed by atoms with van der Waals surface area (Å²) < 4.78 is 46.5. The summed E-state index contributed by atoms with van der Waals surface area (Å²) in [4.78, 5) is 25.9. The van der Waals surface area contributed by atoms with Crippen molar-refractivity contribution in [3.63, 3.8) is 0 Å². The minimum absolute atomic E-state index is 0.0182. The SMILES string of the molecule is Cn1ncc(Nc2nccc(-c3ccc4c(c3)CCCC[C@H]4CC(=O)c3noc(C(C)(C)C)n3)n2)c1C(F)(F)F. The third kappa shape index (κ3) is 5.75. The summed E-state index contributed by atoms with van der Waals surface area (Å²) in [6.07, 6.45) is 1.98. The number of carbonyl (C=O) groups is 1. The Labute approximate surface area is 229 Å². The average Bonchev–Trinajstić information content (AvgIpc) is 3.48. The number of ketones is 1. The lowest BCUT2D eigenvalue weighted by molar-refractivity contribution is -0.143. The number of nitrogens with zero attached hydrogens (tertiary/aromatic N) is 6. The zero-order valence-corrected chi connectivity index (χ0v) is 22.7. The fourth-order valence-electron chi connectivity index (χ4n) is 4.98. The lowest BCUT2D eigenvalue weighted by Crippen LogP contribution is -2.14. The zero-order chi connectivity index (χ0) is 28.7. The van der Waals surface area contributed by atoms with Crippen LogP contribution in [-0.2, 0) is 25.1 Å². The maximum Gasteiger partial charge on any atom is 0.435 e. The van der Waals surface area contributed by atoms with Crippen LogP contribution in [0.4, 0.5) is 24.8 Å². The zero-order valence-electron chi connectivity index (χ0n) is 22.7. The number of fused-ring (bicyclic) bond motifs is 1. The third-order valence-corrected chi connectivity index (χ3v) is 6.99. The second kappa shape index (κ2) is 10.5. The van der Waals surface area contributed by atoms with Gasteiger partial charge in [-0.1, -0.05) is 44.5 Å². The summed E-state index contributed by atoms with van der Waals surface area (Å²) in [6.45, 7) is 5.84. The van der Waals surface area contributed by atoms with Gasteiger partial charge < -0.3 is 9.84 Å². The van der Waals surface area contributed by atoms with Gasteiger partial charge in [-0.05, 0) is 48.4 Å². The van der Waals surface area contributed by atoms with Crippen molar-refractivity contribution in [1.82, 2.24) is 29.9 Å². The van der Waals surface area contributed by atoms with Crippen LogP contribution in [0.15, 0.2) is 41.2 Å². The molecule has 1 N–H and O–H groups in total. The Morgan fingerprint density at radius 3 is 2.67 bits per heavy atom. The molecule has 0 spiro atoms. The van der Waals surface area contributed by atoms with E-state index in [0.717, 1.165) is 53.3 Å². The molecule has 210 valence electrons. The van der Waals surface area contributed by atoms with Crippen LogP contribution in [0.5, 0.6) is 0 Å². The van der Waals surface area contributed by atoms with Gasteiger partial charge in [0.2, 0.25) is 23.4 Å². The number of halogens is 3. The molecular formula is C28H30F3N7O2. The van der Waals surface area contributed by atoms with Crippen molar-refractivity contribution < 1.29 is 22.5 Å². The number of hydrogen-bond acceptors (Lipinski definition) is 8. The van der Waals surface area contributed by atoms with E-state index in [4.69, 9.17) is 4.52 Å². The molecule has 1 aliphatic carbocycles. The van der Waals surface area contributed by atoms with E-state index in [-0.39, 0.29) is 41.0 Å². The Kier molecular flexibility index (Phi) is 7.19. The molecular weight excluding hydrogens is 523 g/mol. The molecule has 3 heterocycles. The molecule has 0 saturated carbocycles. The Morgan fingerprint density at radius 2 is 1.95 bits per heavy atom. The van der Waals surface area contributed by atoms with Crippen molar-refractivity contribution in [2.45, 2.75) is 70.4 Å². The number of Topliss-reactive ketones (excluding diaryl/α,β-unsaturated/α-hetero) is 1. The van der Waals surface area contributed by atoms with Gasteiger partial charge in [-0.3, -0.25) is 9.48 Å². The van der Waals surface area contributed by atoms with Gasteiger partial charge in [-0.15, -0.1) is 0 Å². The highest BCUT2D eigenvalue weighted by molar-refractivity contribution is 5.93. The van der Waals surface area contributed by atoms with Crippen LogP contribution in [0.1, 0.15) is 85.7 Å². The molecule has 1 atom stereocenters. The van der Waals surface area contributed by atoms with Crippen LogP contribution >= 0.6 is 0 Å². The van der Waals surface area contributed by atoms with Crippen LogP contribution in [0.25, 0.3) is 11.3 Å². The van der Waals surface area contributed by atoms with E-state index in [0.29, 0.717) is 11.6 Å². The van der Waals surface area contributed by atoms with Crippen LogP contribution in [-0.4, -0.2) is 35.7 Å². The van der Waals surface area contributed by atoms with Gasteiger partial charge in [-0.25, -0.2) is 9.97 Å². The quantitative estimate of drug-likeness (QED) is 0.216. The highest BCUT2D eigenvalue weighted by Gasteiger charge is 2.38. The topological polar surface area (TPSA) is 112 Å². The second-order valence-corrected chi connectivity index (χ2v) is 11.1. The summed E-state index contributed by atoms with van der Waals surface area (Å²) in [7, 11) is 1.23. The molecule has 0 bridgehead atoms. The van der Waals surface area contributed by atoms with Gasteiger partial charge in [0.15, 0.2) is 5.69 Å². The van der Waals surface area contributed by atoms with Crippen molar-refractivity contribution in [2.75, 3.05) is 5.32 Å². The number of rotatable bonds is 6. The molecule has 3 aromatic heterocycles. The van der Waals surface area contributed by atoms with E-state index in [1.54, 1.807) is 6.07 Å². The summed E-state index contributed by atoms with van der Waals surface area (Å²) in [6, 6.07) is 7.69. The van der Waals surface area contributed by atoms with Gasteiger partial charge in [0.25, 0.3) is 0 Å². The number of anilines is 2. The van der Waals surface area contributed by atoms with Crippen LogP contribution in [0.2, 0.25) is 0 Å². The van der Waals surface area contributed by atoms with E-state index in [2.05, 4.69) is 30.5 Å². The molecule has 5 rings (SSSR count). The Hall–Kier alpha value is -4.09. The first-order valence-electron chi connectivity index (χ1n) is 13.1. The average molecular weight is 554 g/mol. The number of benzene rings is 1. The van der Waals surface area contributed by atoms with E-state index in [1.165, 1.54) is 13.2 Å². The molecule has 1 aromatic carbocycles. The normalized spacial score (nSPS) is 15.9. The van der Waals surface area contributed by atoms with E-state index >= 15 is 0 Å². The summed E-state index contributed by atoms with van der Waals surface area (Å²) in [5.74, 6) is 0.435. The highest BCUT2D eigenvalue weighted by atomic mass is 19.4. The van der Waals surface area contributed by atoms with E-state index in [1.807, 2.05) is 39.0 Å². The molecule has 0 fully saturated rings. The number of nitrogens with one attached hydrogen (secondary N) is 1.